The van der Waals surface area contributed by atoms with Crippen molar-refractivity contribution in [3.05, 3.63) is 65.2 Å². The summed E-state index contributed by atoms with van der Waals surface area (Å²) < 4.78 is 15.4. The van der Waals surface area contributed by atoms with Crippen LogP contribution in [0.25, 0.3) is 10.9 Å². The van der Waals surface area contributed by atoms with Crippen molar-refractivity contribution in [1.29, 1.82) is 0 Å². The maximum absolute atomic E-state index is 12.2. The number of methoxy groups -OCH3 is 1. The van der Waals surface area contributed by atoms with Gasteiger partial charge in [0.15, 0.2) is 0 Å². The maximum atomic E-state index is 12.2. The first-order valence-electron chi connectivity index (χ1n) is 8.24. The Balaban J connectivity index is 1.79. The summed E-state index contributed by atoms with van der Waals surface area (Å²) in [6, 6.07) is 11.1. The number of esters is 2. The number of aryl methyl sites for hydroxylation is 2. The van der Waals surface area contributed by atoms with E-state index >= 15 is 0 Å². The lowest BCUT2D eigenvalue weighted by molar-refractivity contribution is -0.145. The molecule has 0 bridgehead atoms. The van der Waals surface area contributed by atoms with E-state index in [2.05, 4.69) is 4.98 Å². The lowest BCUT2D eigenvalue weighted by Gasteiger charge is -2.13. The fourth-order valence-corrected chi connectivity index (χ4v) is 2.82. The Labute approximate surface area is 150 Å². The summed E-state index contributed by atoms with van der Waals surface area (Å²) in [6.07, 6.45) is 2.21. The number of furan rings is 1. The molecule has 2 aromatic heterocycles. The maximum Gasteiger partial charge on any atom is 0.340 e. The van der Waals surface area contributed by atoms with Crippen LogP contribution in [0.1, 0.15) is 33.8 Å². The van der Waals surface area contributed by atoms with E-state index in [1.807, 2.05) is 31.2 Å². The minimum Gasteiger partial charge on any atom is -0.469 e. The highest BCUT2D eigenvalue weighted by atomic mass is 16.5. The number of para-hydroxylation sites is 1. The molecule has 134 valence electrons. The zero-order chi connectivity index (χ0) is 18.5. The third kappa shape index (κ3) is 3.74. The minimum absolute atomic E-state index is 0.0902. The number of hydrogen-bond acceptors (Lipinski definition) is 6. The summed E-state index contributed by atoms with van der Waals surface area (Å²) >= 11 is 0. The molecule has 3 rings (SSSR count). The van der Waals surface area contributed by atoms with Crippen LogP contribution in [-0.2, 0) is 27.3 Å². The van der Waals surface area contributed by atoms with Gasteiger partial charge in [-0.1, -0.05) is 18.2 Å². The van der Waals surface area contributed by atoms with Gasteiger partial charge in [-0.15, -0.1) is 0 Å². The number of carbonyl (C=O) groups excluding carboxylic acids is 2. The lowest BCUT2D eigenvalue weighted by atomic mass is 10.0. The third-order valence-corrected chi connectivity index (χ3v) is 4.14. The summed E-state index contributed by atoms with van der Waals surface area (Å²) in [5, 5.41) is 0.862. The highest BCUT2D eigenvalue weighted by Gasteiger charge is 2.20. The number of fused-ring (bicyclic) bond motifs is 1. The molecule has 0 fully saturated rings. The van der Waals surface area contributed by atoms with Gasteiger partial charge in [0.2, 0.25) is 0 Å². The first-order chi connectivity index (χ1) is 12.6. The van der Waals surface area contributed by atoms with Gasteiger partial charge in [-0.25, -0.2) is 9.78 Å². The van der Waals surface area contributed by atoms with Crippen molar-refractivity contribution in [3.8, 4) is 0 Å². The van der Waals surface area contributed by atoms with E-state index < -0.39 is 5.97 Å². The summed E-state index contributed by atoms with van der Waals surface area (Å²) in [7, 11) is 1.32. The van der Waals surface area contributed by atoms with Gasteiger partial charge in [0.05, 0.1) is 36.6 Å². The summed E-state index contributed by atoms with van der Waals surface area (Å²) in [6.45, 7) is 1.74. The zero-order valence-electron chi connectivity index (χ0n) is 14.7. The minimum atomic E-state index is -0.498. The van der Waals surface area contributed by atoms with Crippen molar-refractivity contribution in [2.24, 2.45) is 0 Å². The van der Waals surface area contributed by atoms with Gasteiger partial charge in [-0.2, -0.15) is 0 Å². The van der Waals surface area contributed by atoms with Crippen LogP contribution < -0.4 is 0 Å². The molecule has 0 saturated carbocycles. The highest BCUT2D eigenvalue weighted by Crippen LogP contribution is 2.24. The SMILES string of the molecule is COC(=O)c1c(COC(=O)CCc2ccco2)nc2ccccc2c1C. The number of aromatic nitrogens is 1. The molecule has 26 heavy (non-hydrogen) atoms. The van der Waals surface area contributed by atoms with Gasteiger partial charge < -0.3 is 13.9 Å². The number of hydrogen-bond donors (Lipinski definition) is 0. The van der Waals surface area contributed by atoms with Crippen LogP contribution in [0, 0.1) is 6.92 Å². The quantitative estimate of drug-likeness (QED) is 0.630. The lowest BCUT2D eigenvalue weighted by Crippen LogP contribution is -2.14. The second-order valence-electron chi connectivity index (χ2n) is 5.81. The first-order valence-corrected chi connectivity index (χ1v) is 8.24. The molecule has 0 unspecified atom stereocenters. The van der Waals surface area contributed by atoms with Crippen molar-refractivity contribution >= 4 is 22.8 Å². The molecular formula is C20H19NO5. The van der Waals surface area contributed by atoms with Crippen molar-refractivity contribution in [2.75, 3.05) is 7.11 Å². The Morgan fingerprint density at radius 3 is 2.69 bits per heavy atom. The van der Waals surface area contributed by atoms with Crippen molar-refractivity contribution < 1.29 is 23.5 Å². The normalized spacial score (nSPS) is 10.7. The molecule has 0 aliphatic heterocycles. The van der Waals surface area contributed by atoms with Gasteiger partial charge in [-0.3, -0.25) is 4.79 Å². The number of carbonyl (C=O) groups is 2. The summed E-state index contributed by atoms with van der Waals surface area (Å²) in [5.41, 5.74) is 2.22. The van der Waals surface area contributed by atoms with E-state index in [0.29, 0.717) is 17.7 Å². The van der Waals surface area contributed by atoms with Crippen molar-refractivity contribution in [3.63, 3.8) is 0 Å². The molecule has 0 atom stereocenters. The summed E-state index contributed by atoms with van der Waals surface area (Å²) in [4.78, 5) is 28.7. The molecule has 2 heterocycles. The molecule has 0 spiro atoms. The molecular weight excluding hydrogens is 334 g/mol. The molecule has 0 saturated heterocycles. The smallest absolute Gasteiger partial charge is 0.340 e. The van der Waals surface area contributed by atoms with E-state index in [1.54, 1.807) is 18.4 Å². The molecule has 0 aliphatic rings. The van der Waals surface area contributed by atoms with E-state index in [-0.39, 0.29) is 19.0 Å². The Bertz CT molecular complexity index is 931. The first kappa shape index (κ1) is 17.7. The number of benzene rings is 1. The zero-order valence-corrected chi connectivity index (χ0v) is 14.7. The largest absolute Gasteiger partial charge is 0.469 e. The fraction of sp³-hybridized carbons (Fsp3) is 0.250. The molecule has 0 radical (unpaired) electrons. The highest BCUT2D eigenvalue weighted by molar-refractivity contribution is 5.98. The molecule has 1 aromatic carbocycles. The molecule has 3 aromatic rings. The van der Waals surface area contributed by atoms with Crippen LogP contribution >= 0.6 is 0 Å². The molecule has 6 nitrogen and oxygen atoms in total. The van der Waals surface area contributed by atoms with E-state index in [4.69, 9.17) is 13.9 Å². The predicted molar refractivity (Wildman–Crippen MR) is 94.6 cm³/mol. The van der Waals surface area contributed by atoms with E-state index in [1.165, 1.54) is 7.11 Å². The van der Waals surface area contributed by atoms with Gasteiger partial charge in [0.1, 0.15) is 12.4 Å². The average molecular weight is 353 g/mol. The van der Waals surface area contributed by atoms with Crippen LogP contribution in [0.4, 0.5) is 0 Å². The third-order valence-electron chi connectivity index (χ3n) is 4.14. The molecule has 0 N–H and O–H groups in total. The fourth-order valence-electron chi connectivity index (χ4n) is 2.82. The Hall–Kier alpha value is -3.15. The number of rotatable bonds is 6. The van der Waals surface area contributed by atoms with Gasteiger partial charge >= 0.3 is 11.9 Å². The van der Waals surface area contributed by atoms with Crippen molar-refractivity contribution in [1.82, 2.24) is 4.98 Å². The second-order valence-corrected chi connectivity index (χ2v) is 5.81. The topological polar surface area (TPSA) is 78.6 Å². The number of ether oxygens (including phenoxy) is 2. The number of nitrogens with zero attached hydrogens (tertiary/aromatic N) is 1. The van der Waals surface area contributed by atoms with Crippen LogP contribution in [0.15, 0.2) is 47.1 Å². The predicted octanol–water partition coefficient (Wildman–Crippen LogP) is 3.60. The summed E-state index contributed by atoms with van der Waals surface area (Å²) in [5.74, 6) is -0.163. The average Bonchev–Trinajstić information content (AvgIpc) is 3.18. The monoisotopic (exact) mass is 353 g/mol. The molecule has 0 aliphatic carbocycles. The Morgan fingerprint density at radius 2 is 1.96 bits per heavy atom. The van der Waals surface area contributed by atoms with Crippen LogP contribution in [0.5, 0.6) is 0 Å². The Kier molecular flexibility index (Phi) is 5.31. The second kappa shape index (κ2) is 7.82. The van der Waals surface area contributed by atoms with Crippen molar-refractivity contribution in [2.45, 2.75) is 26.4 Å². The Morgan fingerprint density at radius 1 is 1.15 bits per heavy atom. The van der Waals surface area contributed by atoms with E-state index in [0.717, 1.165) is 22.2 Å². The van der Waals surface area contributed by atoms with Gasteiger partial charge in [0, 0.05) is 11.8 Å². The number of pyridine rings is 1. The molecule has 0 amide bonds. The van der Waals surface area contributed by atoms with E-state index in [9.17, 15) is 9.59 Å². The van der Waals surface area contributed by atoms with Crippen LogP contribution in [0.2, 0.25) is 0 Å². The standard InChI is InChI=1S/C20H19NO5/c1-13-15-7-3-4-8-16(15)21-17(19(13)20(23)24-2)12-26-18(22)10-9-14-6-5-11-25-14/h3-8,11H,9-10,12H2,1-2H3. The van der Waals surface area contributed by atoms with Crippen LogP contribution in [0.3, 0.4) is 0 Å². The van der Waals surface area contributed by atoms with Crippen LogP contribution in [-0.4, -0.2) is 24.0 Å². The van der Waals surface area contributed by atoms with Gasteiger partial charge in [-0.05, 0) is 30.7 Å². The van der Waals surface area contributed by atoms with Gasteiger partial charge in [0.25, 0.3) is 0 Å². The molecule has 6 heteroatoms.